The van der Waals surface area contributed by atoms with Crippen LogP contribution in [0.25, 0.3) is 0 Å². The number of halogens is 1. The summed E-state index contributed by atoms with van der Waals surface area (Å²) in [6, 6.07) is 8.32. The lowest BCUT2D eigenvalue weighted by molar-refractivity contribution is 0.606. The molecule has 4 nitrogen and oxygen atoms in total. The zero-order valence-electron chi connectivity index (χ0n) is 7.07. The van der Waals surface area contributed by atoms with Gasteiger partial charge in [-0.2, -0.15) is 5.26 Å². The molecule has 0 saturated carbocycles. The first-order valence-corrected chi connectivity index (χ1v) is 6.42. The van der Waals surface area contributed by atoms with E-state index in [-0.39, 0.29) is 4.66 Å². The molecule has 0 radical (unpaired) electrons. The fourth-order valence-electron chi connectivity index (χ4n) is 0.864. The Labute approximate surface area is 90.7 Å². The van der Waals surface area contributed by atoms with E-state index < -0.39 is 10.0 Å². The van der Waals surface area contributed by atoms with Gasteiger partial charge in [0.2, 0.25) is 10.0 Å². The molecule has 1 N–H and O–H groups in total. The summed E-state index contributed by atoms with van der Waals surface area (Å²) >= 11 is 2.84. The smallest absolute Gasteiger partial charge is 0.242 e. The quantitative estimate of drug-likeness (QED) is 0.853. The third-order valence-electron chi connectivity index (χ3n) is 1.46. The average molecular weight is 275 g/mol. The second kappa shape index (κ2) is 4.44. The monoisotopic (exact) mass is 274 g/mol. The van der Waals surface area contributed by atoms with Crippen LogP contribution < -0.4 is 4.72 Å². The highest BCUT2D eigenvalue weighted by atomic mass is 79.9. The molecule has 14 heavy (non-hydrogen) atoms. The molecule has 0 fully saturated rings. The summed E-state index contributed by atoms with van der Waals surface area (Å²) < 4.78 is 24.4. The molecule has 1 rings (SSSR count). The number of sulfonamides is 1. The Hall–Kier alpha value is -1.06. The molecular weight excluding hydrogens is 268 g/mol. The van der Waals surface area contributed by atoms with Gasteiger partial charge in [-0.1, -0.05) is 28.1 Å². The van der Waals surface area contributed by atoms with Gasteiger partial charge in [0.25, 0.3) is 0 Å². The van der Waals surface area contributed by atoms with Crippen molar-refractivity contribution in [3.63, 3.8) is 0 Å². The van der Waals surface area contributed by atoms with Crippen LogP contribution in [0.5, 0.6) is 0 Å². The number of nitrogens with one attached hydrogen (secondary N) is 1. The summed E-state index contributed by atoms with van der Waals surface area (Å²) in [6.45, 7) is 0. The number of nitrogens with zero attached hydrogens (tertiary/aromatic N) is 1. The van der Waals surface area contributed by atoms with Crippen molar-refractivity contribution in [3.8, 4) is 6.07 Å². The first-order chi connectivity index (χ1) is 6.59. The Morgan fingerprint density at radius 1 is 1.43 bits per heavy atom. The fraction of sp³-hybridized carbons (Fsp3) is 0.125. The van der Waals surface area contributed by atoms with Crippen LogP contribution in [0.2, 0.25) is 0 Å². The second-order valence-electron chi connectivity index (χ2n) is 2.48. The van der Waals surface area contributed by atoms with E-state index in [1.807, 2.05) is 6.07 Å². The zero-order chi connectivity index (χ0) is 10.6. The molecule has 0 unspecified atom stereocenters. The number of hydrogen-bond acceptors (Lipinski definition) is 3. The van der Waals surface area contributed by atoms with E-state index in [1.165, 1.54) is 0 Å². The van der Waals surface area contributed by atoms with Gasteiger partial charge in [0.05, 0.1) is 11.3 Å². The lowest BCUT2D eigenvalue weighted by Gasteiger charge is -2.05. The van der Waals surface area contributed by atoms with Crippen molar-refractivity contribution in [2.24, 2.45) is 0 Å². The van der Waals surface area contributed by atoms with Crippen molar-refractivity contribution in [2.45, 2.75) is 0 Å². The number of nitriles is 1. The first kappa shape index (κ1) is 11.0. The third-order valence-corrected chi connectivity index (χ3v) is 4.08. The molecule has 0 spiro atoms. The van der Waals surface area contributed by atoms with Crippen LogP contribution in [-0.4, -0.2) is 13.1 Å². The maximum Gasteiger partial charge on any atom is 0.242 e. The Kier molecular flexibility index (Phi) is 3.49. The SMILES string of the molecule is N#Cc1ccccc1NS(=O)(=O)CBr. The molecule has 0 saturated heterocycles. The minimum Gasteiger partial charge on any atom is -0.282 e. The van der Waals surface area contributed by atoms with Crippen LogP contribution in [0, 0.1) is 11.3 Å². The first-order valence-electron chi connectivity index (χ1n) is 3.64. The predicted molar refractivity (Wildman–Crippen MR) is 57.5 cm³/mol. The summed E-state index contributed by atoms with van der Waals surface area (Å²) in [5.41, 5.74) is 0.603. The average Bonchev–Trinajstić information content (AvgIpc) is 2.18. The van der Waals surface area contributed by atoms with Gasteiger partial charge in [-0.05, 0) is 12.1 Å². The molecule has 0 amide bonds. The van der Waals surface area contributed by atoms with Crippen molar-refractivity contribution in [1.29, 1.82) is 5.26 Å². The highest BCUT2D eigenvalue weighted by Crippen LogP contribution is 2.15. The van der Waals surface area contributed by atoms with Crippen LogP contribution in [0.4, 0.5) is 5.69 Å². The molecule has 0 heterocycles. The topological polar surface area (TPSA) is 70.0 Å². The van der Waals surface area contributed by atoms with E-state index in [9.17, 15) is 8.42 Å². The summed E-state index contributed by atoms with van der Waals surface area (Å²) in [5, 5.41) is 8.69. The van der Waals surface area contributed by atoms with Crippen LogP contribution in [0.3, 0.4) is 0 Å². The minimum atomic E-state index is -3.39. The fourth-order valence-corrected chi connectivity index (χ4v) is 1.78. The van der Waals surface area contributed by atoms with Crippen LogP contribution >= 0.6 is 15.9 Å². The Balaban J connectivity index is 3.05. The summed E-state index contributed by atoms with van der Waals surface area (Å²) in [6.07, 6.45) is 0. The van der Waals surface area contributed by atoms with Gasteiger partial charge in [0.15, 0.2) is 0 Å². The van der Waals surface area contributed by atoms with E-state index in [0.29, 0.717) is 11.3 Å². The molecule has 0 aromatic heterocycles. The summed E-state index contributed by atoms with van der Waals surface area (Å²) in [5.74, 6) is 0. The van der Waals surface area contributed by atoms with Crippen molar-refractivity contribution in [3.05, 3.63) is 29.8 Å². The maximum atomic E-state index is 11.2. The number of hydrogen-bond donors (Lipinski definition) is 1. The van der Waals surface area contributed by atoms with E-state index >= 15 is 0 Å². The van der Waals surface area contributed by atoms with Crippen molar-refractivity contribution >= 4 is 31.6 Å². The molecule has 1 aromatic carbocycles. The Morgan fingerprint density at radius 2 is 2.07 bits per heavy atom. The van der Waals surface area contributed by atoms with Gasteiger partial charge >= 0.3 is 0 Å². The number of rotatable bonds is 3. The Morgan fingerprint density at radius 3 is 2.64 bits per heavy atom. The third kappa shape index (κ3) is 2.72. The molecule has 0 aliphatic carbocycles. The van der Waals surface area contributed by atoms with Crippen molar-refractivity contribution in [2.75, 3.05) is 9.38 Å². The molecular formula is C8H7BrN2O2S. The van der Waals surface area contributed by atoms with Gasteiger partial charge in [-0.3, -0.25) is 4.72 Å². The largest absolute Gasteiger partial charge is 0.282 e. The molecule has 0 atom stereocenters. The number of anilines is 1. The zero-order valence-corrected chi connectivity index (χ0v) is 9.47. The van der Waals surface area contributed by atoms with E-state index in [2.05, 4.69) is 20.7 Å². The van der Waals surface area contributed by atoms with Gasteiger partial charge in [0, 0.05) is 0 Å². The van der Waals surface area contributed by atoms with Crippen molar-refractivity contribution < 1.29 is 8.42 Å². The van der Waals surface area contributed by atoms with Crippen LogP contribution in [0.15, 0.2) is 24.3 Å². The van der Waals surface area contributed by atoms with Gasteiger partial charge in [-0.15, -0.1) is 0 Å². The standard InChI is InChI=1S/C8H7BrN2O2S/c9-6-14(12,13)11-8-4-2-1-3-7(8)5-10/h1-4,11H,6H2. The summed E-state index contributed by atoms with van der Waals surface area (Å²) in [7, 11) is -3.39. The van der Waals surface area contributed by atoms with Crippen LogP contribution in [0.1, 0.15) is 5.56 Å². The number of alkyl halides is 1. The van der Waals surface area contributed by atoms with Gasteiger partial charge in [-0.25, -0.2) is 8.42 Å². The lowest BCUT2D eigenvalue weighted by atomic mass is 10.2. The molecule has 0 bridgehead atoms. The highest BCUT2D eigenvalue weighted by molar-refractivity contribution is 9.10. The van der Waals surface area contributed by atoms with E-state index in [4.69, 9.17) is 5.26 Å². The minimum absolute atomic E-state index is 0.195. The molecule has 0 aliphatic rings. The Bertz CT molecular complexity index is 464. The highest BCUT2D eigenvalue weighted by Gasteiger charge is 2.09. The van der Waals surface area contributed by atoms with Crippen molar-refractivity contribution in [1.82, 2.24) is 0 Å². The van der Waals surface area contributed by atoms with Crippen LogP contribution in [-0.2, 0) is 10.0 Å². The molecule has 6 heteroatoms. The summed E-state index contributed by atoms with van der Waals surface area (Å²) in [4.78, 5) is 0. The maximum absolute atomic E-state index is 11.2. The lowest BCUT2D eigenvalue weighted by Crippen LogP contribution is -2.13. The van der Waals surface area contributed by atoms with Gasteiger partial charge in [0.1, 0.15) is 10.7 Å². The predicted octanol–water partition coefficient (Wildman–Crippen LogP) is 1.65. The molecule has 74 valence electrons. The van der Waals surface area contributed by atoms with E-state index in [0.717, 1.165) is 0 Å². The molecule has 0 aliphatic heterocycles. The number of para-hydroxylation sites is 1. The molecule has 1 aromatic rings. The number of benzene rings is 1. The second-order valence-corrected chi connectivity index (χ2v) is 5.51. The van der Waals surface area contributed by atoms with E-state index in [1.54, 1.807) is 24.3 Å². The van der Waals surface area contributed by atoms with Gasteiger partial charge < -0.3 is 0 Å². The normalized spacial score (nSPS) is 10.6.